The number of fused-ring (bicyclic) bond motifs is 1. The van der Waals surface area contributed by atoms with Gasteiger partial charge in [-0.15, -0.1) is 0 Å². The molecule has 3 N–H and O–H groups in total. The summed E-state index contributed by atoms with van der Waals surface area (Å²) in [7, 11) is 2.11. The molecule has 36 heavy (non-hydrogen) atoms. The third-order valence-corrected chi connectivity index (χ3v) is 10.7. The first-order chi connectivity index (χ1) is 17.5. The van der Waals surface area contributed by atoms with Crippen LogP contribution in [0.1, 0.15) is 29.5 Å². The number of nitrogens with zero attached hydrogens (tertiary/aromatic N) is 1. The van der Waals surface area contributed by atoms with Gasteiger partial charge in [0.25, 0.3) is 0 Å². The van der Waals surface area contributed by atoms with Crippen LogP contribution in [0.3, 0.4) is 0 Å². The Labute approximate surface area is 225 Å². The molecule has 0 saturated heterocycles. The Kier molecular flexibility index (Phi) is 9.41. The van der Waals surface area contributed by atoms with Crippen molar-refractivity contribution in [3.8, 4) is 5.75 Å². The van der Waals surface area contributed by atoms with E-state index in [1.54, 1.807) is 29.7 Å². The van der Waals surface area contributed by atoms with Crippen LogP contribution in [0.2, 0.25) is 4.18 Å². The summed E-state index contributed by atoms with van der Waals surface area (Å²) in [4.78, 5) is 27.3. The molecule has 0 saturated carbocycles. The van der Waals surface area contributed by atoms with Crippen molar-refractivity contribution < 1.29 is 24.0 Å². The second-order valence-corrected chi connectivity index (χ2v) is 13.6. The van der Waals surface area contributed by atoms with Gasteiger partial charge >= 0.3 is 164 Å². The van der Waals surface area contributed by atoms with Crippen molar-refractivity contribution in [2.24, 2.45) is 0 Å². The molecule has 0 spiro atoms. The first kappa shape index (κ1) is 26.7. The van der Waals surface area contributed by atoms with E-state index < -0.39 is 28.1 Å². The van der Waals surface area contributed by atoms with Gasteiger partial charge < -0.3 is 0 Å². The van der Waals surface area contributed by atoms with Crippen LogP contribution in [0.25, 0.3) is 11.0 Å². The summed E-state index contributed by atoms with van der Waals surface area (Å²) in [6.45, 7) is 3.46. The Morgan fingerprint density at radius 1 is 1.22 bits per heavy atom. The topological polar surface area (TPSA) is 104 Å². The zero-order valence-corrected chi connectivity index (χ0v) is 24.4. The van der Waals surface area contributed by atoms with E-state index in [4.69, 9.17) is 14.4 Å². The Morgan fingerprint density at radius 3 is 2.72 bits per heavy atom. The van der Waals surface area contributed by atoms with Crippen molar-refractivity contribution in [3.05, 3.63) is 69.3 Å². The summed E-state index contributed by atoms with van der Waals surface area (Å²) in [6, 6.07) is 15.0. The zero-order chi connectivity index (χ0) is 25.5. The van der Waals surface area contributed by atoms with Crippen LogP contribution >= 0.6 is 11.8 Å². The van der Waals surface area contributed by atoms with Crippen LogP contribution in [-0.4, -0.2) is 70.4 Å². The number of rotatable bonds is 10. The number of carbonyl (C=O) groups is 2. The molecule has 1 radical (unpaired) electrons. The van der Waals surface area contributed by atoms with E-state index in [9.17, 15) is 9.59 Å². The maximum atomic E-state index is 13.1. The van der Waals surface area contributed by atoms with Gasteiger partial charge in [-0.1, -0.05) is 0 Å². The minimum atomic E-state index is -0.560. The van der Waals surface area contributed by atoms with Crippen molar-refractivity contribution in [1.82, 2.24) is 15.7 Å². The Bertz CT molecular complexity index is 1240. The number of ether oxygens (including phenoxy) is 1. The molecule has 1 unspecified atom stereocenters. The van der Waals surface area contributed by atoms with E-state index in [0.717, 1.165) is 22.7 Å². The van der Waals surface area contributed by atoms with Crippen LogP contribution in [-0.2, 0) is 6.54 Å². The van der Waals surface area contributed by atoms with Crippen LogP contribution in [0.4, 0.5) is 4.79 Å². The molecule has 1 atom stereocenters. The fourth-order valence-corrected chi connectivity index (χ4v) is 8.74. The van der Waals surface area contributed by atoms with Gasteiger partial charge in [0.1, 0.15) is 5.75 Å². The molecule has 2 aromatic carbocycles. The third kappa shape index (κ3) is 6.67. The van der Waals surface area contributed by atoms with E-state index in [-0.39, 0.29) is 12.5 Å². The molecule has 0 aliphatic carbocycles. The zero-order valence-electron chi connectivity index (χ0n) is 20.3. The number of hydrogen-bond donors (Lipinski definition) is 3. The summed E-state index contributed by atoms with van der Waals surface area (Å²) in [5.41, 5.74) is 4.72. The normalized spacial score (nSPS) is 13.8. The maximum absolute atomic E-state index is 13.1. The molecular formula is C26H29InN3O5S. The molecule has 0 fully saturated rings. The third-order valence-electron chi connectivity index (χ3n) is 6.22. The van der Waals surface area contributed by atoms with Gasteiger partial charge in [-0.3, -0.25) is 10.0 Å². The van der Waals surface area contributed by atoms with Crippen molar-refractivity contribution in [2.75, 3.05) is 20.2 Å². The molecule has 10 heteroatoms. The fraction of sp³-hybridized carbons (Fsp3) is 0.308. The number of hydroxylamine groups is 1. The predicted molar refractivity (Wildman–Crippen MR) is 141 cm³/mol. The van der Waals surface area contributed by atoms with Gasteiger partial charge in [0, 0.05) is 4.90 Å². The second-order valence-electron chi connectivity index (χ2n) is 8.59. The molecule has 2 heterocycles. The number of amides is 2. The van der Waals surface area contributed by atoms with Crippen LogP contribution in [0.5, 0.6) is 5.75 Å². The van der Waals surface area contributed by atoms with E-state index in [0.29, 0.717) is 41.1 Å². The number of carbonyl (C=O) groups excluding carboxylic acids is 2. The number of thioether (sulfide) groups is 1. The Balaban J connectivity index is 1.36. The van der Waals surface area contributed by atoms with E-state index >= 15 is 0 Å². The molecule has 4 rings (SSSR count). The summed E-state index contributed by atoms with van der Waals surface area (Å²) in [5.74, 6) is 0.697. The number of nitrogens with one attached hydrogen (secondary N) is 2. The molecule has 1 aliphatic rings. The predicted octanol–water partition coefficient (Wildman–Crippen LogP) is 4.66. The first-order valence-electron chi connectivity index (χ1n) is 11.8. The minimum absolute atomic E-state index is 0.261. The molecule has 1 aromatic heterocycles. The van der Waals surface area contributed by atoms with Crippen molar-refractivity contribution in [1.29, 1.82) is 0 Å². The van der Waals surface area contributed by atoms with Gasteiger partial charge in [-0.2, -0.15) is 0 Å². The number of hydrogen-bond acceptors (Lipinski definition) is 7. The Morgan fingerprint density at radius 2 is 2.00 bits per heavy atom. The van der Waals surface area contributed by atoms with E-state index in [2.05, 4.69) is 28.0 Å². The SMILES string of the molecule is CC(C1=[CH][In][CH2]C1)N(C)Cc1c(C(=O)NCCOc2ccc(SC(=O)NO)cc2)oc2ccccc12. The number of para-hydroxylation sites is 1. The molecule has 2 amide bonds. The monoisotopic (exact) mass is 610 g/mol. The molecule has 0 bridgehead atoms. The summed E-state index contributed by atoms with van der Waals surface area (Å²) in [5, 5.41) is 11.9. The summed E-state index contributed by atoms with van der Waals surface area (Å²) < 4.78 is 15.6. The number of likely N-dealkylation sites (N-methyl/N-ethyl adjacent to an activating group) is 1. The standard InChI is InChI=1S/C26H29N3O5S.In/c1-5-17(2)18(3)29(4)16-22-21-8-6-7-9-23(21)34-24(22)25(30)27-14-15-33-19-10-12-20(13-11-19)35-26(31)28-32;/h2,6-13,18,32H,1,5,14-16H2,3-4H3,(H,27,30)(H,28,31);. The number of benzene rings is 2. The van der Waals surface area contributed by atoms with E-state index in [1.807, 2.05) is 24.3 Å². The average Bonchev–Trinajstić information content (AvgIpc) is 3.56. The number of furan rings is 1. The van der Waals surface area contributed by atoms with Crippen LogP contribution in [0, 0.1) is 0 Å². The molecule has 1 aliphatic heterocycles. The summed E-state index contributed by atoms with van der Waals surface area (Å²) >= 11 is 0.393. The summed E-state index contributed by atoms with van der Waals surface area (Å²) in [6.07, 6.45) is 1.21. The average molecular weight is 610 g/mol. The quantitative estimate of drug-likeness (QED) is 0.133. The second kappa shape index (κ2) is 12.7. The van der Waals surface area contributed by atoms with E-state index in [1.165, 1.54) is 16.2 Å². The van der Waals surface area contributed by atoms with Crippen molar-refractivity contribution in [2.45, 2.75) is 35.0 Å². The van der Waals surface area contributed by atoms with Gasteiger partial charge in [0.05, 0.1) is 0 Å². The first-order valence-corrected chi connectivity index (χ1v) is 16.9. The fourth-order valence-electron chi connectivity index (χ4n) is 4.17. The Hall–Kier alpha value is -2.40. The van der Waals surface area contributed by atoms with Crippen molar-refractivity contribution >= 4 is 56.8 Å². The van der Waals surface area contributed by atoms with Gasteiger partial charge in [0.2, 0.25) is 0 Å². The molecule has 8 nitrogen and oxygen atoms in total. The van der Waals surface area contributed by atoms with Gasteiger partial charge in [-0.05, 0) is 36.0 Å². The van der Waals surface area contributed by atoms with Crippen molar-refractivity contribution in [3.63, 3.8) is 0 Å². The molecule has 187 valence electrons. The van der Waals surface area contributed by atoms with Gasteiger partial charge in [0.15, 0.2) is 0 Å². The van der Waals surface area contributed by atoms with Crippen LogP contribution < -0.4 is 15.5 Å². The molecular weight excluding hydrogens is 581 g/mol. The molecule has 3 aromatic rings. The van der Waals surface area contributed by atoms with Gasteiger partial charge in [-0.25, -0.2) is 5.48 Å². The van der Waals surface area contributed by atoms with Crippen LogP contribution in [0.15, 0.2) is 67.2 Å².